The Balaban J connectivity index is 0.00000196. The zero-order valence-electron chi connectivity index (χ0n) is 14.3. The van der Waals surface area contributed by atoms with Gasteiger partial charge in [0.05, 0.1) is 6.54 Å². The number of furan rings is 1. The molecule has 0 amide bonds. The molecule has 0 spiro atoms. The average Bonchev–Trinajstić information content (AvgIpc) is 3.23. The van der Waals surface area contributed by atoms with E-state index in [1.165, 1.54) is 5.56 Å². The third kappa shape index (κ3) is 4.06. The third-order valence-corrected chi connectivity index (χ3v) is 4.67. The fourth-order valence-electron chi connectivity index (χ4n) is 2.90. The van der Waals surface area contributed by atoms with Crippen LogP contribution in [0.25, 0.3) is 11.3 Å². The van der Waals surface area contributed by atoms with Gasteiger partial charge < -0.3 is 19.2 Å². The Morgan fingerprint density at radius 3 is 2.65 bits per heavy atom. The number of hydrogen-bond acceptors (Lipinski definition) is 4. The van der Waals surface area contributed by atoms with E-state index < -0.39 is 0 Å². The van der Waals surface area contributed by atoms with Crippen LogP contribution < -0.4 is 14.8 Å². The number of benzene rings is 2. The Morgan fingerprint density at radius 2 is 1.81 bits per heavy atom. The Kier molecular flexibility index (Phi) is 5.91. The molecule has 6 heteroatoms. The molecule has 4 nitrogen and oxygen atoms in total. The SMILES string of the molecule is Cc1cc(Br)ccc1-c1ccc(CNCc2ccc3c(c2)OCO3)o1.Cl. The highest BCUT2D eigenvalue weighted by Crippen LogP contribution is 2.32. The molecule has 1 N–H and O–H groups in total. The summed E-state index contributed by atoms with van der Waals surface area (Å²) >= 11 is 3.49. The van der Waals surface area contributed by atoms with E-state index in [1.54, 1.807) is 0 Å². The minimum absolute atomic E-state index is 0. The van der Waals surface area contributed by atoms with Gasteiger partial charge in [-0.1, -0.05) is 22.0 Å². The van der Waals surface area contributed by atoms with Crippen molar-refractivity contribution in [3.63, 3.8) is 0 Å². The van der Waals surface area contributed by atoms with Crippen molar-refractivity contribution < 1.29 is 13.9 Å². The lowest BCUT2D eigenvalue weighted by atomic mass is 10.1. The van der Waals surface area contributed by atoms with E-state index in [2.05, 4.69) is 40.3 Å². The predicted octanol–water partition coefficient (Wildman–Crippen LogP) is 5.46. The topological polar surface area (TPSA) is 43.6 Å². The molecule has 4 rings (SSSR count). The third-order valence-electron chi connectivity index (χ3n) is 4.18. The standard InChI is InChI=1S/C20H18BrNO3.ClH/c1-13-8-15(21)3-5-17(13)18-7-4-16(25-18)11-22-10-14-2-6-19-20(9-14)24-12-23-19;/h2-9,22H,10-12H2,1H3;1H. The zero-order valence-corrected chi connectivity index (χ0v) is 16.7. The quantitative estimate of drug-likeness (QED) is 0.577. The number of ether oxygens (including phenoxy) is 2. The van der Waals surface area contributed by atoms with Crippen molar-refractivity contribution in [3.8, 4) is 22.8 Å². The van der Waals surface area contributed by atoms with Gasteiger partial charge in [0.15, 0.2) is 11.5 Å². The second kappa shape index (κ2) is 8.16. The van der Waals surface area contributed by atoms with Crippen molar-refractivity contribution in [3.05, 3.63) is 69.9 Å². The molecular formula is C20H19BrClNO3. The van der Waals surface area contributed by atoms with Crippen LogP contribution in [0.4, 0.5) is 0 Å². The van der Waals surface area contributed by atoms with Gasteiger partial charge in [-0.25, -0.2) is 0 Å². The number of hydrogen-bond donors (Lipinski definition) is 1. The summed E-state index contributed by atoms with van der Waals surface area (Å²) in [5.41, 5.74) is 3.45. The second-order valence-electron chi connectivity index (χ2n) is 6.02. The van der Waals surface area contributed by atoms with Crippen LogP contribution in [-0.2, 0) is 13.1 Å². The van der Waals surface area contributed by atoms with Gasteiger partial charge in [-0.2, -0.15) is 0 Å². The molecule has 136 valence electrons. The minimum Gasteiger partial charge on any atom is -0.460 e. The van der Waals surface area contributed by atoms with Crippen LogP contribution in [0.2, 0.25) is 0 Å². The number of nitrogens with one attached hydrogen (secondary N) is 1. The average molecular weight is 437 g/mol. The molecule has 0 bridgehead atoms. The number of aryl methyl sites for hydroxylation is 1. The Morgan fingerprint density at radius 1 is 0.962 bits per heavy atom. The fourth-order valence-corrected chi connectivity index (χ4v) is 3.38. The molecular weight excluding hydrogens is 418 g/mol. The Hall–Kier alpha value is -1.95. The molecule has 3 aromatic rings. The maximum absolute atomic E-state index is 5.98. The van der Waals surface area contributed by atoms with Crippen LogP contribution in [0.3, 0.4) is 0 Å². The highest BCUT2D eigenvalue weighted by Gasteiger charge is 2.13. The van der Waals surface area contributed by atoms with Gasteiger partial charge in [-0.3, -0.25) is 0 Å². The van der Waals surface area contributed by atoms with Crippen molar-refractivity contribution in [1.82, 2.24) is 5.32 Å². The van der Waals surface area contributed by atoms with Crippen LogP contribution in [-0.4, -0.2) is 6.79 Å². The van der Waals surface area contributed by atoms with E-state index in [1.807, 2.05) is 36.4 Å². The zero-order chi connectivity index (χ0) is 17.2. The highest BCUT2D eigenvalue weighted by atomic mass is 79.9. The molecule has 1 aliphatic heterocycles. The van der Waals surface area contributed by atoms with Gasteiger partial charge >= 0.3 is 0 Å². The van der Waals surface area contributed by atoms with Gasteiger partial charge in [0.2, 0.25) is 6.79 Å². The van der Waals surface area contributed by atoms with Crippen LogP contribution in [0.5, 0.6) is 11.5 Å². The maximum Gasteiger partial charge on any atom is 0.231 e. The summed E-state index contributed by atoms with van der Waals surface area (Å²) < 4.78 is 17.8. The molecule has 0 saturated carbocycles. The first kappa shape index (κ1) is 18.8. The van der Waals surface area contributed by atoms with Gasteiger partial charge in [0.1, 0.15) is 11.5 Å². The Labute approximate surface area is 167 Å². The molecule has 0 unspecified atom stereocenters. The Bertz CT molecular complexity index is 910. The maximum atomic E-state index is 5.98. The molecule has 1 aromatic heterocycles. The van der Waals surface area contributed by atoms with Crippen LogP contribution >= 0.6 is 28.3 Å². The van der Waals surface area contributed by atoms with Crippen LogP contribution in [0, 0.1) is 6.92 Å². The molecule has 2 heterocycles. The van der Waals surface area contributed by atoms with E-state index in [-0.39, 0.29) is 12.4 Å². The molecule has 0 fully saturated rings. The number of fused-ring (bicyclic) bond motifs is 1. The van der Waals surface area contributed by atoms with E-state index in [9.17, 15) is 0 Å². The molecule has 0 saturated heterocycles. The van der Waals surface area contributed by atoms with E-state index in [0.29, 0.717) is 13.3 Å². The molecule has 1 aliphatic rings. The molecule has 2 aromatic carbocycles. The lowest BCUT2D eigenvalue weighted by molar-refractivity contribution is 0.174. The first-order chi connectivity index (χ1) is 12.2. The van der Waals surface area contributed by atoms with Crippen LogP contribution in [0.15, 0.2) is 57.4 Å². The first-order valence-corrected chi connectivity index (χ1v) is 8.93. The van der Waals surface area contributed by atoms with Crippen LogP contribution in [0.1, 0.15) is 16.9 Å². The molecule has 0 atom stereocenters. The summed E-state index contributed by atoms with van der Waals surface area (Å²) in [4.78, 5) is 0. The summed E-state index contributed by atoms with van der Waals surface area (Å²) in [7, 11) is 0. The normalized spacial score (nSPS) is 12.1. The summed E-state index contributed by atoms with van der Waals surface area (Å²) in [5.74, 6) is 3.43. The summed E-state index contributed by atoms with van der Waals surface area (Å²) in [6, 6.07) is 16.2. The number of rotatable bonds is 5. The first-order valence-electron chi connectivity index (χ1n) is 8.13. The smallest absolute Gasteiger partial charge is 0.231 e. The number of halogens is 2. The van der Waals surface area contributed by atoms with E-state index >= 15 is 0 Å². The second-order valence-corrected chi connectivity index (χ2v) is 6.93. The highest BCUT2D eigenvalue weighted by molar-refractivity contribution is 9.10. The van der Waals surface area contributed by atoms with Crippen molar-refractivity contribution >= 4 is 28.3 Å². The summed E-state index contributed by atoms with van der Waals surface area (Å²) in [6.07, 6.45) is 0. The van der Waals surface area contributed by atoms with E-state index in [0.717, 1.165) is 45.2 Å². The van der Waals surface area contributed by atoms with E-state index in [4.69, 9.17) is 13.9 Å². The molecule has 0 aliphatic carbocycles. The summed E-state index contributed by atoms with van der Waals surface area (Å²) in [6.45, 7) is 3.80. The lowest BCUT2D eigenvalue weighted by Crippen LogP contribution is -2.11. The van der Waals surface area contributed by atoms with Crippen molar-refractivity contribution in [1.29, 1.82) is 0 Å². The van der Waals surface area contributed by atoms with Crippen molar-refractivity contribution in [2.45, 2.75) is 20.0 Å². The summed E-state index contributed by atoms with van der Waals surface area (Å²) in [5, 5.41) is 3.40. The predicted molar refractivity (Wildman–Crippen MR) is 107 cm³/mol. The van der Waals surface area contributed by atoms with Crippen molar-refractivity contribution in [2.75, 3.05) is 6.79 Å². The van der Waals surface area contributed by atoms with Gasteiger partial charge in [0, 0.05) is 16.6 Å². The monoisotopic (exact) mass is 435 g/mol. The van der Waals surface area contributed by atoms with Crippen molar-refractivity contribution in [2.24, 2.45) is 0 Å². The fraction of sp³-hybridized carbons (Fsp3) is 0.200. The molecule has 0 radical (unpaired) electrons. The van der Waals surface area contributed by atoms with Gasteiger partial charge in [0.25, 0.3) is 0 Å². The lowest BCUT2D eigenvalue weighted by Gasteiger charge is -2.05. The minimum atomic E-state index is 0. The van der Waals surface area contributed by atoms with Gasteiger partial charge in [-0.15, -0.1) is 12.4 Å². The largest absolute Gasteiger partial charge is 0.460 e. The molecule has 26 heavy (non-hydrogen) atoms. The van der Waals surface area contributed by atoms with Gasteiger partial charge in [-0.05, 0) is 60.5 Å².